The Hall–Kier alpha value is -2.12. The second kappa shape index (κ2) is 5.58. The van der Waals surface area contributed by atoms with Crippen molar-refractivity contribution in [3.05, 3.63) is 41.7 Å². The fourth-order valence-electron chi connectivity index (χ4n) is 3.63. The molecule has 0 bridgehead atoms. The van der Waals surface area contributed by atoms with Gasteiger partial charge in [0.05, 0.1) is 18.2 Å². The number of fused-ring (bicyclic) bond motifs is 1. The highest BCUT2D eigenvalue weighted by molar-refractivity contribution is 5.69. The third kappa shape index (κ3) is 2.22. The molecule has 1 aromatic carbocycles. The van der Waals surface area contributed by atoms with E-state index in [4.69, 9.17) is 4.74 Å². The van der Waals surface area contributed by atoms with Crippen LogP contribution in [0.25, 0.3) is 11.1 Å². The Morgan fingerprint density at radius 2 is 2.23 bits per heavy atom. The molecule has 4 nitrogen and oxygen atoms in total. The number of nitriles is 1. The maximum atomic E-state index is 9.27. The lowest BCUT2D eigenvalue weighted by Crippen LogP contribution is -2.18. The van der Waals surface area contributed by atoms with Gasteiger partial charge in [0.1, 0.15) is 6.23 Å². The molecule has 2 unspecified atom stereocenters. The van der Waals surface area contributed by atoms with Gasteiger partial charge in [0.15, 0.2) is 0 Å². The smallest absolute Gasteiger partial charge is 0.150 e. The zero-order valence-corrected chi connectivity index (χ0v) is 12.5. The Bertz CT molecular complexity index is 722. The summed E-state index contributed by atoms with van der Waals surface area (Å²) in [4.78, 5) is 0. The van der Waals surface area contributed by atoms with Crippen LogP contribution in [0.2, 0.25) is 0 Å². The molecule has 1 aromatic heterocycles. The van der Waals surface area contributed by atoms with Crippen LogP contribution in [0, 0.1) is 11.3 Å². The molecule has 2 aromatic rings. The molecule has 1 aliphatic carbocycles. The van der Waals surface area contributed by atoms with E-state index in [-0.39, 0.29) is 12.1 Å². The van der Waals surface area contributed by atoms with Crippen molar-refractivity contribution in [2.24, 2.45) is 0 Å². The summed E-state index contributed by atoms with van der Waals surface area (Å²) in [5, 5.41) is 13.8. The molecule has 0 N–H and O–H groups in total. The molecule has 1 saturated heterocycles. The van der Waals surface area contributed by atoms with Crippen molar-refractivity contribution in [3.63, 3.8) is 0 Å². The van der Waals surface area contributed by atoms with Crippen LogP contribution in [0.4, 0.5) is 0 Å². The van der Waals surface area contributed by atoms with Crippen molar-refractivity contribution in [1.29, 1.82) is 5.26 Å². The van der Waals surface area contributed by atoms with Gasteiger partial charge in [0.25, 0.3) is 0 Å². The van der Waals surface area contributed by atoms with Crippen molar-refractivity contribution >= 4 is 0 Å². The number of hydrogen-bond acceptors (Lipinski definition) is 3. The van der Waals surface area contributed by atoms with Crippen molar-refractivity contribution < 1.29 is 4.74 Å². The van der Waals surface area contributed by atoms with Crippen LogP contribution in [0.15, 0.2) is 30.6 Å². The molecule has 0 saturated carbocycles. The third-order valence-corrected chi connectivity index (χ3v) is 4.79. The van der Waals surface area contributed by atoms with Crippen LogP contribution < -0.4 is 0 Å². The zero-order chi connectivity index (χ0) is 14.9. The number of benzene rings is 1. The first-order chi connectivity index (χ1) is 10.9. The summed E-state index contributed by atoms with van der Waals surface area (Å²) in [5.41, 5.74) is 4.86. The van der Waals surface area contributed by atoms with E-state index in [1.807, 2.05) is 10.9 Å². The summed E-state index contributed by atoms with van der Waals surface area (Å²) < 4.78 is 7.75. The largest absolute Gasteiger partial charge is 0.357 e. The summed E-state index contributed by atoms with van der Waals surface area (Å²) >= 11 is 0. The average Bonchev–Trinajstić information content (AvgIpc) is 3.22. The Morgan fingerprint density at radius 3 is 3.05 bits per heavy atom. The van der Waals surface area contributed by atoms with Crippen LogP contribution in [-0.2, 0) is 11.2 Å². The van der Waals surface area contributed by atoms with E-state index in [0.717, 1.165) is 37.9 Å². The summed E-state index contributed by atoms with van der Waals surface area (Å²) in [6.45, 7) is 0.824. The van der Waals surface area contributed by atoms with E-state index in [0.29, 0.717) is 0 Å². The number of ether oxygens (including phenoxy) is 1. The highest BCUT2D eigenvalue weighted by Gasteiger charge is 2.25. The van der Waals surface area contributed by atoms with Crippen molar-refractivity contribution in [2.45, 2.75) is 44.2 Å². The quantitative estimate of drug-likeness (QED) is 0.846. The number of rotatable bonds is 2. The third-order valence-electron chi connectivity index (χ3n) is 4.79. The van der Waals surface area contributed by atoms with Gasteiger partial charge in [0.2, 0.25) is 0 Å². The van der Waals surface area contributed by atoms with Gasteiger partial charge in [-0.1, -0.05) is 18.2 Å². The highest BCUT2D eigenvalue weighted by atomic mass is 16.5. The Kier molecular flexibility index (Phi) is 3.44. The second-order valence-electron chi connectivity index (χ2n) is 6.12. The predicted octanol–water partition coefficient (Wildman–Crippen LogP) is 3.80. The molecule has 0 amide bonds. The zero-order valence-electron chi connectivity index (χ0n) is 12.5. The molecule has 2 heterocycles. The molecule has 4 heteroatoms. The van der Waals surface area contributed by atoms with Crippen LogP contribution in [0.3, 0.4) is 0 Å². The lowest BCUT2D eigenvalue weighted by atomic mass is 9.97. The predicted molar refractivity (Wildman–Crippen MR) is 83.2 cm³/mol. The minimum atomic E-state index is 0.0478. The first-order valence-corrected chi connectivity index (χ1v) is 8.04. The van der Waals surface area contributed by atoms with Gasteiger partial charge < -0.3 is 4.74 Å². The Morgan fingerprint density at radius 1 is 1.27 bits per heavy atom. The molecule has 2 atom stereocenters. The Labute approximate surface area is 130 Å². The van der Waals surface area contributed by atoms with Crippen molar-refractivity contribution in [3.8, 4) is 17.2 Å². The van der Waals surface area contributed by atoms with Gasteiger partial charge in [-0.25, -0.2) is 4.68 Å². The maximum Gasteiger partial charge on any atom is 0.150 e. The SMILES string of the molecule is N#CC1CCc2c(-c3cnn(C4CCCCO4)c3)cccc21. The van der Waals surface area contributed by atoms with Gasteiger partial charge >= 0.3 is 0 Å². The van der Waals surface area contributed by atoms with Gasteiger partial charge in [-0.2, -0.15) is 10.4 Å². The topological polar surface area (TPSA) is 50.8 Å². The first-order valence-electron chi connectivity index (χ1n) is 8.04. The fraction of sp³-hybridized carbons (Fsp3) is 0.444. The molecule has 0 radical (unpaired) electrons. The minimum Gasteiger partial charge on any atom is -0.357 e. The number of aromatic nitrogens is 2. The summed E-state index contributed by atoms with van der Waals surface area (Å²) in [7, 11) is 0. The standard InChI is InChI=1S/C18H19N3O/c19-10-13-7-8-17-15(13)4-3-5-16(17)14-11-20-21(12-14)18-6-1-2-9-22-18/h3-5,11-13,18H,1-2,6-9H2. The van der Waals surface area contributed by atoms with Crippen LogP contribution in [0.5, 0.6) is 0 Å². The molecule has 1 fully saturated rings. The van der Waals surface area contributed by atoms with Crippen molar-refractivity contribution in [1.82, 2.24) is 9.78 Å². The van der Waals surface area contributed by atoms with E-state index < -0.39 is 0 Å². The van der Waals surface area contributed by atoms with Gasteiger partial charge in [0, 0.05) is 18.4 Å². The monoisotopic (exact) mass is 293 g/mol. The molecule has 2 aliphatic rings. The average molecular weight is 293 g/mol. The molecular weight excluding hydrogens is 274 g/mol. The van der Waals surface area contributed by atoms with Crippen LogP contribution in [0.1, 0.15) is 49.0 Å². The molecule has 112 valence electrons. The van der Waals surface area contributed by atoms with Crippen LogP contribution >= 0.6 is 0 Å². The summed E-state index contributed by atoms with van der Waals surface area (Å²) in [6.07, 6.45) is 9.38. The fourth-order valence-corrected chi connectivity index (χ4v) is 3.63. The molecule has 4 rings (SSSR count). The van der Waals surface area contributed by atoms with Gasteiger partial charge in [-0.3, -0.25) is 0 Å². The minimum absolute atomic E-state index is 0.0478. The molecular formula is C18H19N3O. The van der Waals surface area contributed by atoms with E-state index in [1.165, 1.54) is 23.1 Å². The highest BCUT2D eigenvalue weighted by Crippen LogP contribution is 2.38. The second-order valence-corrected chi connectivity index (χ2v) is 6.12. The van der Waals surface area contributed by atoms with E-state index in [1.54, 1.807) is 0 Å². The van der Waals surface area contributed by atoms with E-state index in [9.17, 15) is 5.26 Å². The molecule has 22 heavy (non-hydrogen) atoms. The number of hydrogen-bond donors (Lipinski definition) is 0. The first kappa shape index (κ1) is 13.5. The van der Waals surface area contributed by atoms with E-state index >= 15 is 0 Å². The molecule has 1 aliphatic heterocycles. The lowest BCUT2D eigenvalue weighted by molar-refractivity contribution is -0.0394. The summed E-state index contributed by atoms with van der Waals surface area (Å²) in [5.74, 6) is 0.0478. The number of nitrogens with zero attached hydrogens (tertiary/aromatic N) is 3. The normalized spacial score (nSPS) is 24.0. The summed E-state index contributed by atoms with van der Waals surface area (Å²) in [6, 6.07) is 8.70. The van der Waals surface area contributed by atoms with E-state index in [2.05, 4.69) is 35.6 Å². The lowest BCUT2D eigenvalue weighted by Gasteiger charge is -2.22. The van der Waals surface area contributed by atoms with Gasteiger partial charge in [-0.15, -0.1) is 0 Å². The Balaban J connectivity index is 1.68. The molecule has 0 spiro atoms. The maximum absolute atomic E-state index is 9.27. The van der Waals surface area contributed by atoms with Crippen molar-refractivity contribution in [2.75, 3.05) is 6.61 Å². The van der Waals surface area contributed by atoms with Crippen LogP contribution in [-0.4, -0.2) is 16.4 Å². The van der Waals surface area contributed by atoms with Gasteiger partial charge in [-0.05, 0) is 48.8 Å².